The summed E-state index contributed by atoms with van der Waals surface area (Å²) in [5, 5.41) is 9.50. The fraction of sp³-hybridized carbons (Fsp3) is 0.200. The first-order valence-electron chi connectivity index (χ1n) is 6.31. The van der Waals surface area contributed by atoms with Crippen molar-refractivity contribution in [3.05, 3.63) is 42.0 Å². The van der Waals surface area contributed by atoms with Crippen LogP contribution in [0.15, 0.2) is 36.4 Å². The van der Waals surface area contributed by atoms with Crippen LogP contribution in [0.5, 0.6) is 28.7 Å². The fourth-order valence-corrected chi connectivity index (χ4v) is 2.34. The molecule has 1 N–H and O–H groups in total. The normalized spacial score (nSPS) is 18.9. The zero-order valence-electron chi connectivity index (χ0n) is 10.5. The van der Waals surface area contributed by atoms with Gasteiger partial charge in [-0.1, -0.05) is 6.07 Å². The summed E-state index contributed by atoms with van der Waals surface area (Å²) in [6.45, 7) is 0.662. The first kappa shape index (κ1) is 11.3. The van der Waals surface area contributed by atoms with E-state index in [9.17, 15) is 5.11 Å². The van der Waals surface area contributed by atoms with E-state index in [1.54, 1.807) is 18.2 Å². The number of phenolic OH excluding ortho intramolecular Hbond substituents is 1. The Morgan fingerprint density at radius 2 is 1.65 bits per heavy atom. The van der Waals surface area contributed by atoms with Crippen LogP contribution in [0.25, 0.3) is 0 Å². The van der Waals surface area contributed by atoms with Crippen LogP contribution >= 0.6 is 0 Å². The SMILES string of the molecule is Oc1ccc2c(c1)O[C@@H](c1ccc3c(c1)OCO3)CO2. The maximum atomic E-state index is 9.50. The molecule has 0 spiro atoms. The van der Waals surface area contributed by atoms with Crippen LogP contribution in [-0.2, 0) is 0 Å². The molecule has 20 heavy (non-hydrogen) atoms. The van der Waals surface area contributed by atoms with E-state index in [2.05, 4.69) is 0 Å². The molecule has 0 saturated carbocycles. The molecule has 0 bridgehead atoms. The van der Waals surface area contributed by atoms with Gasteiger partial charge in [-0.05, 0) is 29.8 Å². The van der Waals surface area contributed by atoms with Crippen LogP contribution in [-0.4, -0.2) is 18.5 Å². The first-order valence-corrected chi connectivity index (χ1v) is 6.31. The van der Waals surface area contributed by atoms with E-state index < -0.39 is 0 Å². The van der Waals surface area contributed by atoms with Gasteiger partial charge in [-0.2, -0.15) is 0 Å². The van der Waals surface area contributed by atoms with Gasteiger partial charge in [-0.25, -0.2) is 0 Å². The Labute approximate surface area is 115 Å². The number of rotatable bonds is 1. The highest BCUT2D eigenvalue weighted by Gasteiger charge is 2.25. The molecule has 5 heteroatoms. The minimum absolute atomic E-state index is 0.152. The van der Waals surface area contributed by atoms with E-state index in [0.717, 1.165) is 11.3 Å². The Morgan fingerprint density at radius 1 is 0.850 bits per heavy atom. The van der Waals surface area contributed by atoms with Crippen LogP contribution in [0.1, 0.15) is 11.7 Å². The first-order chi connectivity index (χ1) is 9.79. The predicted molar refractivity (Wildman–Crippen MR) is 69.5 cm³/mol. The number of hydrogen-bond acceptors (Lipinski definition) is 5. The predicted octanol–water partition coefficient (Wildman–Crippen LogP) is 2.63. The van der Waals surface area contributed by atoms with Crippen molar-refractivity contribution in [1.29, 1.82) is 0 Å². The molecule has 2 aliphatic rings. The largest absolute Gasteiger partial charge is 0.508 e. The van der Waals surface area contributed by atoms with Crippen LogP contribution < -0.4 is 18.9 Å². The van der Waals surface area contributed by atoms with Gasteiger partial charge >= 0.3 is 0 Å². The lowest BCUT2D eigenvalue weighted by molar-refractivity contribution is 0.0907. The minimum Gasteiger partial charge on any atom is -0.508 e. The highest BCUT2D eigenvalue weighted by Crippen LogP contribution is 2.40. The third-order valence-corrected chi connectivity index (χ3v) is 3.36. The molecule has 2 aliphatic heterocycles. The van der Waals surface area contributed by atoms with Gasteiger partial charge in [0.2, 0.25) is 6.79 Å². The maximum Gasteiger partial charge on any atom is 0.231 e. The van der Waals surface area contributed by atoms with Crippen molar-refractivity contribution in [2.24, 2.45) is 0 Å². The summed E-state index contributed by atoms with van der Waals surface area (Å²) in [6.07, 6.45) is -0.237. The Kier molecular flexibility index (Phi) is 2.39. The van der Waals surface area contributed by atoms with Crippen molar-refractivity contribution in [3.8, 4) is 28.7 Å². The summed E-state index contributed by atoms with van der Waals surface area (Å²) < 4.78 is 22.2. The molecule has 2 aromatic carbocycles. The Hall–Kier alpha value is -2.56. The molecule has 0 saturated heterocycles. The van der Waals surface area contributed by atoms with Gasteiger partial charge < -0.3 is 24.1 Å². The molecule has 0 aromatic heterocycles. The highest BCUT2D eigenvalue weighted by atomic mass is 16.7. The highest BCUT2D eigenvalue weighted by molar-refractivity contribution is 5.48. The lowest BCUT2D eigenvalue weighted by Gasteiger charge is -2.26. The van der Waals surface area contributed by atoms with E-state index in [1.807, 2.05) is 18.2 Å². The standard InChI is InChI=1S/C15H12O5/c16-10-2-4-12-14(6-10)20-15(7-17-12)9-1-3-11-13(5-9)19-8-18-11/h1-6,15-16H,7-8H2/t15-/m1/s1. The molecule has 0 unspecified atom stereocenters. The van der Waals surface area contributed by atoms with Crippen molar-refractivity contribution in [3.63, 3.8) is 0 Å². The lowest BCUT2D eigenvalue weighted by Crippen LogP contribution is -2.21. The van der Waals surface area contributed by atoms with Crippen molar-refractivity contribution in [2.45, 2.75) is 6.10 Å². The van der Waals surface area contributed by atoms with E-state index in [4.69, 9.17) is 18.9 Å². The Balaban J connectivity index is 1.64. The van der Waals surface area contributed by atoms with Crippen LogP contribution in [0.2, 0.25) is 0 Å². The number of fused-ring (bicyclic) bond motifs is 2. The molecule has 2 aromatic rings. The molecule has 2 heterocycles. The number of benzene rings is 2. The quantitative estimate of drug-likeness (QED) is 0.864. The van der Waals surface area contributed by atoms with E-state index in [-0.39, 0.29) is 18.6 Å². The molecule has 4 rings (SSSR count). The summed E-state index contributed by atoms with van der Waals surface area (Å²) in [5.74, 6) is 2.79. The third kappa shape index (κ3) is 1.79. The smallest absolute Gasteiger partial charge is 0.231 e. The van der Waals surface area contributed by atoms with Gasteiger partial charge in [-0.15, -0.1) is 0 Å². The van der Waals surface area contributed by atoms with Crippen molar-refractivity contribution >= 4 is 0 Å². The summed E-state index contributed by atoms with van der Waals surface area (Å²) in [6, 6.07) is 10.5. The monoisotopic (exact) mass is 272 g/mol. The number of phenols is 1. The molecule has 0 amide bonds. The van der Waals surface area contributed by atoms with E-state index >= 15 is 0 Å². The molecule has 1 atom stereocenters. The zero-order valence-corrected chi connectivity index (χ0v) is 10.5. The summed E-state index contributed by atoms with van der Waals surface area (Å²) in [5.41, 5.74) is 0.947. The third-order valence-electron chi connectivity index (χ3n) is 3.36. The number of hydrogen-bond donors (Lipinski definition) is 1. The number of ether oxygens (including phenoxy) is 4. The molecule has 0 aliphatic carbocycles. The lowest BCUT2D eigenvalue weighted by atomic mass is 10.1. The molecule has 0 fully saturated rings. The van der Waals surface area contributed by atoms with E-state index in [0.29, 0.717) is 23.9 Å². The van der Waals surface area contributed by atoms with Gasteiger partial charge in [0.25, 0.3) is 0 Å². The molecule has 102 valence electrons. The zero-order chi connectivity index (χ0) is 13.5. The second-order valence-electron chi connectivity index (χ2n) is 4.66. The van der Waals surface area contributed by atoms with Crippen LogP contribution in [0.3, 0.4) is 0 Å². The molecule has 5 nitrogen and oxygen atoms in total. The second-order valence-corrected chi connectivity index (χ2v) is 4.66. The van der Waals surface area contributed by atoms with Gasteiger partial charge in [0.15, 0.2) is 29.1 Å². The summed E-state index contributed by atoms with van der Waals surface area (Å²) in [7, 11) is 0. The minimum atomic E-state index is -0.237. The molecular weight excluding hydrogens is 260 g/mol. The average Bonchev–Trinajstić information content (AvgIpc) is 2.93. The van der Waals surface area contributed by atoms with Gasteiger partial charge in [0.1, 0.15) is 12.4 Å². The topological polar surface area (TPSA) is 57.2 Å². The Bertz CT molecular complexity index is 667. The van der Waals surface area contributed by atoms with Crippen molar-refractivity contribution in [2.75, 3.05) is 13.4 Å². The number of aromatic hydroxyl groups is 1. The maximum absolute atomic E-state index is 9.50. The van der Waals surface area contributed by atoms with Crippen LogP contribution in [0.4, 0.5) is 0 Å². The van der Waals surface area contributed by atoms with E-state index in [1.165, 1.54) is 0 Å². The molecular formula is C15H12O5. The van der Waals surface area contributed by atoms with Crippen LogP contribution in [0, 0.1) is 0 Å². The summed E-state index contributed by atoms with van der Waals surface area (Å²) >= 11 is 0. The van der Waals surface area contributed by atoms with Gasteiger partial charge in [-0.3, -0.25) is 0 Å². The fourth-order valence-electron chi connectivity index (χ4n) is 2.34. The van der Waals surface area contributed by atoms with Gasteiger partial charge in [0.05, 0.1) is 0 Å². The average molecular weight is 272 g/mol. The Morgan fingerprint density at radius 3 is 2.60 bits per heavy atom. The van der Waals surface area contributed by atoms with Gasteiger partial charge in [0, 0.05) is 6.07 Å². The van der Waals surface area contributed by atoms with Crippen molar-refractivity contribution in [1.82, 2.24) is 0 Å². The summed E-state index contributed by atoms with van der Waals surface area (Å²) in [4.78, 5) is 0. The van der Waals surface area contributed by atoms with Crippen molar-refractivity contribution < 1.29 is 24.1 Å². The second kappa shape index (κ2) is 4.23. The molecule has 0 radical (unpaired) electrons.